The molecular formula is C32H45ClN3O2S+. The first-order valence-electron chi connectivity index (χ1n) is 14.6. The van der Waals surface area contributed by atoms with Gasteiger partial charge < -0.3 is 15.4 Å². The van der Waals surface area contributed by atoms with E-state index in [1.165, 1.54) is 69.1 Å². The van der Waals surface area contributed by atoms with Crippen LogP contribution in [0.3, 0.4) is 0 Å². The summed E-state index contributed by atoms with van der Waals surface area (Å²) in [6, 6.07) is 13.0. The molecule has 212 valence electrons. The maximum absolute atomic E-state index is 12.8. The van der Waals surface area contributed by atoms with Gasteiger partial charge in [-0.3, -0.25) is 0 Å². The summed E-state index contributed by atoms with van der Waals surface area (Å²) < 4.78 is 8.17. The number of para-hydroxylation sites is 1. The van der Waals surface area contributed by atoms with Crippen LogP contribution in [0, 0.1) is 6.92 Å². The molecule has 0 aliphatic rings. The molecule has 0 unspecified atom stereocenters. The zero-order chi connectivity index (χ0) is 27.7. The molecule has 1 aromatic heterocycles. The third kappa shape index (κ3) is 12.0. The molecule has 5 nitrogen and oxygen atoms in total. The summed E-state index contributed by atoms with van der Waals surface area (Å²) in [7, 11) is 0. The Labute approximate surface area is 243 Å². The standard InChI is InChI=1S/C32H44ClN3O2S/c1-3-4-5-6-7-8-9-10-11-12-13-14-21-38-31-29(33)19-16-20-30(31)35-32(37)34-28-18-15-17-27(22-28)24-36-23-26(2)39-25-36/h15-20,22-23,25H,3-14,21,24H2,1-2H3,(H-,34,35,37)/p+1. The van der Waals surface area contributed by atoms with E-state index in [1.807, 2.05) is 30.3 Å². The molecule has 2 N–H and O–H groups in total. The van der Waals surface area contributed by atoms with Crippen LogP contribution in [0.2, 0.25) is 5.02 Å². The predicted octanol–water partition coefficient (Wildman–Crippen LogP) is 9.77. The lowest BCUT2D eigenvalue weighted by Crippen LogP contribution is -2.30. The third-order valence-electron chi connectivity index (χ3n) is 6.73. The van der Waals surface area contributed by atoms with Gasteiger partial charge in [0.15, 0.2) is 18.5 Å². The number of thiazole rings is 1. The number of urea groups is 1. The monoisotopic (exact) mass is 570 g/mol. The molecule has 0 radical (unpaired) electrons. The number of ether oxygens (including phenoxy) is 1. The fraction of sp³-hybridized carbons (Fsp3) is 0.500. The number of nitrogens with one attached hydrogen (secondary N) is 2. The molecule has 0 aliphatic carbocycles. The number of unbranched alkanes of at least 4 members (excludes halogenated alkanes) is 11. The lowest BCUT2D eigenvalue weighted by Gasteiger charge is -2.15. The van der Waals surface area contributed by atoms with E-state index in [0.717, 1.165) is 30.6 Å². The largest absolute Gasteiger partial charge is 0.490 e. The van der Waals surface area contributed by atoms with E-state index in [0.29, 0.717) is 23.1 Å². The summed E-state index contributed by atoms with van der Waals surface area (Å²) in [6.45, 7) is 5.70. The quantitative estimate of drug-likeness (QED) is 0.118. The lowest BCUT2D eigenvalue weighted by atomic mass is 10.1. The topological polar surface area (TPSA) is 54.2 Å². The number of carbonyl (C=O) groups excluding carboxylic acids is 1. The van der Waals surface area contributed by atoms with E-state index < -0.39 is 0 Å². The van der Waals surface area contributed by atoms with Crippen LogP contribution in [-0.2, 0) is 6.54 Å². The van der Waals surface area contributed by atoms with Gasteiger partial charge in [0.05, 0.1) is 22.2 Å². The SMILES string of the molecule is CCCCCCCCCCCCCCOc1c(Cl)cccc1NC(=O)Nc1cccc(C[n+]2csc(C)c2)c1. The zero-order valence-electron chi connectivity index (χ0n) is 23.6. The van der Waals surface area contributed by atoms with E-state index in [-0.39, 0.29) is 6.03 Å². The number of hydrogen-bond acceptors (Lipinski definition) is 3. The van der Waals surface area contributed by atoms with Crippen molar-refractivity contribution in [3.8, 4) is 5.75 Å². The maximum atomic E-state index is 12.8. The van der Waals surface area contributed by atoms with Crippen molar-refractivity contribution >= 4 is 40.3 Å². The van der Waals surface area contributed by atoms with Crippen LogP contribution in [0.5, 0.6) is 5.75 Å². The lowest BCUT2D eigenvalue weighted by molar-refractivity contribution is -0.683. The number of carbonyl (C=O) groups is 1. The molecule has 1 heterocycles. The number of halogens is 1. The number of rotatable bonds is 18. The molecule has 0 saturated carbocycles. The molecule has 2 amide bonds. The van der Waals surface area contributed by atoms with Gasteiger partial charge in [-0.05, 0) is 37.6 Å². The molecule has 0 atom stereocenters. The summed E-state index contributed by atoms with van der Waals surface area (Å²) in [5.74, 6) is 0.523. The first-order valence-corrected chi connectivity index (χ1v) is 15.8. The normalized spacial score (nSPS) is 10.9. The fourth-order valence-electron chi connectivity index (χ4n) is 4.64. The number of benzene rings is 2. The second-order valence-electron chi connectivity index (χ2n) is 10.3. The van der Waals surface area contributed by atoms with Crippen molar-refractivity contribution < 1.29 is 14.1 Å². The molecule has 7 heteroatoms. The minimum Gasteiger partial charge on any atom is -0.490 e. The van der Waals surface area contributed by atoms with Gasteiger partial charge in [-0.1, -0.05) is 119 Å². The van der Waals surface area contributed by atoms with E-state index in [9.17, 15) is 4.79 Å². The minimum atomic E-state index is -0.330. The van der Waals surface area contributed by atoms with Crippen LogP contribution in [0.15, 0.2) is 54.2 Å². The van der Waals surface area contributed by atoms with Crippen molar-refractivity contribution in [1.82, 2.24) is 0 Å². The maximum Gasteiger partial charge on any atom is 0.323 e. The number of aryl methyl sites for hydroxylation is 1. The van der Waals surface area contributed by atoms with Crippen LogP contribution in [0.1, 0.15) is 94.4 Å². The highest BCUT2D eigenvalue weighted by atomic mass is 35.5. The van der Waals surface area contributed by atoms with Crippen molar-refractivity contribution in [3.05, 3.63) is 69.6 Å². The van der Waals surface area contributed by atoms with Crippen LogP contribution < -0.4 is 19.9 Å². The van der Waals surface area contributed by atoms with Gasteiger partial charge >= 0.3 is 6.03 Å². The first-order chi connectivity index (χ1) is 19.0. The predicted molar refractivity (Wildman–Crippen MR) is 165 cm³/mol. The van der Waals surface area contributed by atoms with Crippen LogP contribution in [0.4, 0.5) is 16.2 Å². The van der Waals surface area contributed by atoms with Crippen molar-refractivity contribution in [2.45, 2.75) is 97.4 Å². The van der Waals surface area contributed by atoms with E-state index in [1.54, 1.807) is 17.4 Å². The van der Waals surface area contributed by atoms with Gasteiger partial charge in [-0.2, -0.15) is 4.57 Å². The second-order valence-corrected chi connectivity index (χ2v) is 11.8. The second kappa shape index (κ2) is 17.9. The fourth-order valence-corrected chi connectivity index (χ4v) is 5.50. The van der Waals surface area contributed by atoms with Crippen molar-refractivity contribution in [2.75, 3.05) is 17.2 Å². The van der Waals surface area contributed by atoms with Crippen molar-refractivity contribution in [1.29, 1.82) is 0 Å². The average Bonchev–Trinajstić information content (AvgIpc) is 3.32. The summed E-state index contributed by atoms with van der Waals surface area (Å²) in [6.07, 6.45) is 17.7. The molecule has 39 heavy (non-hydrogen) atoms. The Kier molecular flexibility index (Phi) is 14.2. The Morgan fingerprint density at radius 3 is 2.23 bits per heavy atom. The summed E-state index contributed by atoms with van der Waals surface area (Å²) in [5, 5.41) is 6.33. The van der Waals surface area contributed by atoms with Crippen molar-refractivity contribution in [3.63, 3.8) is 0 Å². The third-order valence-corrected chi connectivity index (χ3v) is 7.88. The number of anilines is 2. The summed E-state index contributed by atoms with van der Waals surface area (Å²) in [4.78, 5) is 14.0. The van der Waals surface area contributed by atoms with Gasteiger partial charge in [-0.15, -0.1) is 0 Å². The molecule has 3 aromatic rings. The Morgan fingerprint density at radius 2 is 1.56 bits per heavy atom. The molecule has 3 rings (SSSR count). The summed E-state index contributed by atoms with van der Waals surface area (Å²) in [5.41, 5.74) is 4.52. The number of nitrogens with zero attached hydrogens (tertiary/aromatic N) is 1. The molecule has 2 aromatic carbocycles. The van der Waals surface area contributed by atoms with E-state index >= 15 is 0 Å². The highest BCUT2D eigenvalue weighted by molar-refractivity contribution is 7.09. The first kappa shape index (κ1) is 31.0. The highest BCUT2D eigenvalue weighted by Crippen LogP contribution is 2.33. The average molecular weight is 571 g/mol. The summed E-state index contributed by atoms with van der Waals surface area (Å²) >= 11 is 8.14. The Morgan fingerprint density at radius 1 is 0.897 bits per heavy atom. The van der Waals surface area contributed by atoms with Gasteiger partial charge in [0.1, 0.15) is 0 Å². The van der Waals surface area contributed by atoms with Gasteiger partial charge in [-0.25, -0.2) is 4.79 Å². The van der Waals surface area contributed by atoms with Crippen LogP contribution in [0.25, 0.3) is 0 Å². The smallest absolute Gasteiger partial charge is 0.323 e. The van der Waals surface area contributed by atoms with Gasteiger partial charge in [0, 0.05) is 11.3 Å². The zero-order valence-corrected chi connectivity index (χ0v) is 25.2. The molecule has 0 spiro atoms. The molecule has 0 saturated heterocycles. The van der Waals surface area contributed by atoms with Crippen LogP contribution >= 0.6 is 22.9 Å². The Bertz CT molecular complexity index is 1130. The Balaban J connectivity index is 1.37. The number of hydrogen-bond donors (Lipinski definition) is 2. The molecule has 0 fully saturated rings. The number of amides is 2. The molecule has 0 aliphatic heterocycles. The van der Waals surface area contributed by atoms with E-state index in [4.69, 9.17) is 16.3 Å². The van der Waals surface area contributed by atoms with Crippen molar-refractivity contribution in [2.24, 2.45) is 0 Å². The van der Waals surface area contributed by atoms with E-state index in [2.05, 4.69) is 46.8 Å². The van der Waals surface area contributed by atoms with Gasteiger partial charge in [0.25, 0.3) is 0 Å². The van der Waals surface area contributed by atoms with Crippen LogP contribution in [-0.4, -0.2) is 12.6 Å². The Hall–Kier alpha value is -2.57. The number of aromatic nitrogens is 1. The minimum absolute atomic E-state index is 0.330. The van der Waals surface area contributed by atoms with Gasteiger partial charge in [0.2, 0.25) is 5.51 Å². The highest BCUT2D eigenvalue weighted by Gasteiger charge is 2.13. The molecular weight excluding hydrogens is 526 g/mol. The molecule has 0 bridgehead atoms.